The molecule has 0 saturated carbocycles. The minimum Gasteiger partial charge on any atom is -0.311 e. The van der Waals surface area contributed by atoms with Crippen molar-refractivity contribution in [3.05, 3.63) is 12.2 Å². The molecule has 1 nitrogen and oxygen atoms in total. The summed E-state index contributed by atoms with van der Waals surface area (Å²) in [7, 11) is 0. The second-order valence-corrected chi connectivity index (χ2v) is 2.56. The van der Waals surface area contributed by atoms with Gasteiger partial charge in [0.15, 0.2) is 0 Å². The third-order valence-electron chi connectivity index (χ3n) is 1.58. The minimum absolute atomic E-state index is 0.853. The van der Waals surface area contributed by atoms with Gasteiger partial charge in [-0.2, -0.15) is 0 Å². The van der Waals surface area contributed by atoms with Gasteiger partial charge in [-0.05, 0) is 19.3 Å². The van der Waals surface area contributed by atoms with Gasteiger partial charge < -0.3 is 5.32 Å². The number of rotatable bonds is 4. The summed E-state index contributed by atoms with van der Waals surface area (Å²) in [5, 5.41) is 3.28. The summed E-state index contributed by atoms with van der Waals surface area (Å²) in [4.78, 5) is 0. The van der Waals surface area contributed by atoms with Crippen molar-refractivity contribution in [3.63, 3.8) is 0 Å². The highest BCUT2D eigenvalue weighted by atomic mass is 15.1. The van der Waals surface area contributed by atoms with Crippen LogP contribution >= 0.6 is 0 Å². The second kappa shape index (κ2) is 3.67. The van der Waals surface area contributed by atoms with Crippen molar-refractivity contribution >= 4 is 0 Å². The SMILES string of the molecule is CC/C=C/CCC1CN1. The molecule has 1 saturated heterocycles. The van der Waals surface area contributed by atoms with E-state index in [-0.39, 0.29) is 0 Å². The summed E-state index contributed by atoms with van der Waals surface area (Å²) in [6.07, 6.45) is 8.28. The molecule has 0 aliphatic carbocycles. The smallest absolute Gasteiger partial charge is 0.0196 e. The molecule has 0 aromatic heterocycles. The van der Waals surface area contributed by atoms with E-state index in [2.05, 4.69) is 24.4 Å². The average Bonchev–Trinajstić information content (AvgIpc) is 2.63. The predicted octanol–water partition coefficient (Wildman–Crippen LogP) is 1.70. The zero-order valence-electron chi connectivity index (χ0n) is 6.06. The molecule has 9 heavy (non-hydrogen) atoms. The summed E-state index contributed by atoms with van der Waals surface area (Å²) in [6, 6.07) is 0.853. The van der Waals surface area contributed by atoms with Gasteiger partial charge in [0.05, 0.1) is 0 Å². The highest BCUT2D eigenvalue weighted by Crippen LogP contribution is 2.06. The van der Waals surface area contributed by atoms with Crippen LogP contribution in [0.5, 0.6) is 0 Å². The van der Waals surface area contributed by atoms with Gasteiger partial charge in [-0.1, -0.05) is 19.1 Å². The molecule has 52 valence electrons. The molecule has 1 N–H and O–H groups in total. The molecule has 1 atom stereocenters. The molecule has 1 heterocycles. The van der Waals surface area contributed by atoms with Crippen molar-refractivity contribution in [2.45, 2.75) is 32.2 Å². The van der Waals surface area contributed by atoms with Crippen molar-refractivity contribution in [2.75, 3.05) is 6.54 Å². The molecule has 1 aliphatic rings. The molecule has 0 aromatic carbocycles. The van der Waals surface area contributed by atoms with E-state index < -0.39 is 0 Å². The number of hydrogen-bond donors (Lipinski definition) is 1. The van der Waals surface area contributed by atoms with E-state index in [0.29, 0.717) is 0 Å². The molecule has 1 unspecified atom stereocenters. The molecule has 0 bridgehead atoms. The van der Waals surface area contributed by atoms with Crippen LogP contribution in [0.3, 0.4) is 0 Å². The lowest BCUT2D eigenvalue weighted by molar-refractivity contribution is 0.820. The fraction of sp³-hybridized carbons (Fsp3) is 0.750. The Labute approximate surface area is 57.1 Å². The van der Waals surface area contributed by atoms with Crippen LogP contribution in [0.25, 0.3) is 0 Å². The summed E-state index contributed by atoms with van der Waals surface area (Å²) in [5.41, 5.74) is 0. The van der Waals surface area contributed by atoms with Gasteiger partial charge in [-0.3, -0.25) is 0 Å². The second-order valence-electron chi connectivity index (χ2n) is 2.56. The topological polar surface area (TPSA) is 21.9 Å². The van der Waals surface area contributed by atoms with Crippen LogP contribution in [0.2, 0.25) is 0 Å². The fourth-order valence-electron chi connectivity index (χ4n) is 0.869. The van der Waals surface area contributed by atoms with E-state index >= 15 is 0 Å². The Morgan fingerprint density at radius 3 is 2.89 bits per heavy atom. The third-order valence-corrected chi connectivity index (χ3v) is 1.58. The van der Waals surface area contributed by atoms with Crippen molar-refractivity contribution < 1.29 is 0 Å². The van der Waals surface area contributed by atoms with E-state index in [4.69, 9.17) is 0 Å². The van der Waals surface area contributed by atoms with Gasteiger partial charge in [0.1, 0.15) is 0 Å². The van der Waals surface area contributed by atoms with Crippen molar-refractivity contribution in [2.24, 2.45) is 0 Å². The number of nitrogens with one attached hydrogen (secondary N) is 1. The Balaban J connectivity index is 1.85. The van der Waals surface area contributed by atoms with Crippen LogP contribution in [-0.4, -0.2) is 12.6 Å². The first-order chi connectivity index (χ1) is 4.43. The largest absolute Gasteiger partial charge is 0.311 e. The van der Waals surface area contributed by atoms with Gasteiger partial charge >= 0.3 is 0 Å². The lowest BCUT2D eigenvalue weighted by atomic mass is 10.2. The first kappa shape index (κ1) is 6.81. The molecular weight excluding hydrogens is 110 g/mol. The van der Waals surface area contributed by atoms with Crippen LogP contribution in [-0.2, 0) is 0 Å². The van der Waals surface area contributed by atoms with Crippen LogP contribution < -0.4 is 5.32 Å². The molecule has 1 heteroatoms. The van der Waals surface area contributed by atoms with Gasteiger partial charge in [0, 0.05) is 12.6 Å². The molecular formula is C8H15N. The normalized spacial score (nSPS) is 25.2. The number of hydrogen-bond acceptors (Lipinski definition) is 1. The van der Waals surface area contributed by atoms with Crippen LogP contribution in [0.1, 0.15) is 26.2 Å². The van der Waals surface area contributed by atoms with Crippen LogP contribution in [0, 0.1) is 0 Å². The Bertz CT molecular complexity index is 92.7. The maximum absolute atomic E-state index is 3.28. The van der Waals surface area contributed by atoms with Gasteiger partial charge in [-0.15, -0.1) is 0 Å². The van der Waals surface area contributed by atoms with E-state index in [1.54, 1.807) is 0 Å². The maximum atomic E-state index is 3.28. The van der Waals surface area contributed by atoms with Gasteiger partial charge in [-0.25, -0.2) is 0 Å². The first-order valence-corrected chi connectivity index (χ1v) is 3.82. The van der Waals surface area contributed by atoms with Crippen molar-refractivity contribution in [1.82, 2.24) is 5.32 Å². The average molecular weight is 125 g/mol. The minimum atomic E-state index is 0.853. The standard InChI is InChI=1S/C8H15N/c1-2-3-4-5-6-8-7-9-8/h3-4,8-9H,2,5-7H2,1H3/b4-3+. The Hall–Kier alpha value is -0.300. The fourth-order valence-corrected chi connectivity index (χ4v) is 0.869. The quantitative estimate of drug-likeness (QED) is 0.448. The molecule has 0 amide bonds. The molecule has 1 rings (SSSR count). The summed E-state index contributed by atoms with van der Waals surface area (Å²) in [5.74, 6) is 0. The lowest BCUT2D eigenvalue weighted by Crippen LogP contribution is -1.86. The molecule has 0 aromatic rings. The number of allylic oxidation sites excluding steroid dienone is 2. The van der Waals surface area contributed by atoms with Crippen molar-refractivity contribution in [1.29, 1.82) is 0 Å². The monoisotopic (exact) mass is 125 g/mol. The lowest BCUT2D eigenvalue weighted by Gasteiger charge is -1.87. The van der Waals surface area contributed by atoms with E-state index in [1.807, 2.05) is 0 Å². The summed E-state index contributed by atoms with van der Waals surface area (Å²) in [6.45, 7) is 3.42. The molecule has 1 aliphatic heterocycles. The Kier molecular flexibility index (Phi) is 2.78. The third kappa shape index (κ3) is 3.31. The zero-order valence-corrected chi connectivity index (χ0v) is 6.06. The highest BCUT2D eigenvalue weighted by Gasteiger charge is 2.17. The predicted molar refractivity (Wildman–Crippen MR) is 40.5 cm³/mol. The Morgan fingerprint density at radius 2 is 2.33 bits per heavy atom. The van der Waals surface area contributed by atoms with Gasteiger partial charge in [0.25, 0.3) is 0 Å². The van der Waals surface area contributed by atoms with Crippen molar-refractivity contribution in [3.8, 4) is 0 Å². The summed E-state index contributed by atoms with van der Waals surface area (Å²) < 4.78 is 0. The van der Waals surface area contributed by atoms with E-state index in [1.165, 1.54) is 25.8 Å². The molecule has 1 fully saturated rings. The van der Waals surface area contributed by atoms with E-state index in [9.17, 15) is 0 Å². The molecule has 0 spiro atoms. The first-order valence-electron chi connectivity index (χ1n) is 3.82. The maximum Gasteiger partial charge on any atom is 0.0196 e. The summed E-state index contributed by atoms with van der Waals surface area (Å²) >= 11 is 0. The molecule has 0 radical (unpaired) electrons. The van der Waals surface area contributed by atoms with Crippen LogP contribution in [0.15, 0.2) is 12.2 Å². The Morgan fingerprint density at radius 1 is 1.56 bits per heavy atom. The zero-order chi connectivity index (χ0) is 6.53. The van der Waals surface area contributed by atoms with E-state index in [0.717, 1.165) is 6.04 Å². The highest BCUT2D eigenvalue weighted by molar-refractivity contribution is 4.88. The van der Waals surface area contributed by atoms with Crippen LogP contribution in [0.4, 0.5) is 0 Å². The van der Waals surface area contributed by atoms with Gasteiger partial charge in [0.2, 0.25) is 0 Å².